The van der Waals surface area contributed by atoms with Gasteiger partial charge in [0, 0.05) is 12.2 Å². The summed E-state index contributed by atoms with van der Waals surface area (Å²) in [4.78, 5) is 0. The van der Waals surface area contributed by atoms with E-state index in [1.54, 1.807) is 6.08 Å². The zero-order valence-corrected chi connectivity index (χ0v) is 11.7. The number of benzene rings is 1. The summed E-state index contributed by atoms with van der Waals surface area (Å²) in [6, 6.07) is 6.36. The van der Waals surface area contributed by atoms with Crippen molar-refractivity contribution in [1.82, 2.24) is 0 Å². The zero-order chi connectivity index (χ0) is 13.4. The standard InChI is InChI=1S/C16H24O2/c1-4-7-14-9-8-13(5-2)12-15(14)16(17)10-11-18-6-3/h8-10,12,17H,4-7,11H2,1-3H3/b16-10-. The van der Waals surface area contributed by atoms with E-state index < -0.39 is 0 Å². The average Bonchev–Trinajstić information content (AvgIpc) is 2.39. The van der Waals surface area contributed by atoms with Crippen LogP contribution in [0.5, 0.6) is 0 Å². The lowest BCUT2D eigenvalue weighted by Crippen LogP contribution is -1.97. The van der Waals surface area contributed by atoms with Gasteiger partial charge in [0.05, 0.1) is 6.61 Å². The van der Waals surface area contributed by atoms with E-state index in [0.29, 0.717) is 19.0 Å². The number of hydrogen-bond acceptors (Lipinski definition) is 2. The SMILES string of the molecule is CCCc1ccc(CC)cc1/C(O)=C/COCC. The zero-order valence-electron chi connectivity index (χ0n) is 11.7. The highest BCUT2D eigenvalue weighted by atomic mass is 16.5. The van der Waals surface area contributed by atoms with Crippen molar-refractivity contribution in [3.63, 3.8) is 0 Å². The molecule has 0 aliphatic carbocycles. The highest BCUT2D eigenvalue weighted by molar-refractivity contribution is 5.62. The van der Waals surface area contributed by atoms with Gasteiger partial charge in [-0.1, -0.05) is 32.4 Å². The number of aryl methyl sites for hydroxylation is 2. The molecule has 0 aliphatic heterocycles. The van der Waals surface area contributed by atoms with Crippen molar-refractivity contribution in [2.45, 2.75) is 40.0 Å². The van der Waals surface area contributed by atoms with E-state index in [4.69, 9.17) is 4.74 Å². The molecule has 2 heteroatoms. The second kappa shape index (κ2) is 7.93. The van der Waals surface area contributed by atoms with E-state index in [1.165, 1.54) is 11.1 Å². The van der Waals surface area contributed by atoms with Crippen LogP contribution in [-0.4, -0.2) is 18.3 Å². The average molecular weight is 248 g/mol. The van der Waals surface area contributed by atoms with Crippen molar-refractivity contribution in [2.75, 3.05) is 13.2 Å². The second-order valence-corrected chi connectivity index (χ2v) is 4.34. The topological polar surface area (TPSA) is 29.5 Å². The lowest BCUT2D eigenvalue weighted by Gasteiger charge is -2.10. The Morgan fingerprint density at radius 1 is 1.28 bits per heavy atom. The maximum Gasteiger partial charge on any atom is 0.121 e. The molecule has 0 bridgehead atoms. The fraction of sp³-hybridized carbons (Fsp3) is 0.500. The summed E-state index contributed by atoms with van der Waals surface area (Å²) in [6.45, 7) is 7.36. The summed E-state index contributed by atoms with van der Waals surface area (Å²) < 4.78 is 5.25. The van der Waals surface area contributed by atoms with Crippen molar-refractivity contribution in [1.29, 1.82) is 0 Å². The van der Waals surface area contributed by atoms with E-state index in [-0.39, 0.29) is 0 Å². The van der Waals surface area contributed by atoms with Gasteiger partial charge in [-0.2, -0.15) is 0 Å². The number of aliphatic hydroxyl groups excluding tert-OH is 1. The first-order valence-electron chi connectivity index (χ1n) is 6.81. The van der Waals surface area contributed by atoms with Crippen LogP contribution in [-0.2, 0) is 17.6 Å². The maximum atomic E-state index is 10.2. The molecule has 0 radical (unpaired) electrons. The van der Waals surface area contributed by atoms with Gasteiger partial charge in [0.25, 0.3) is 0 Å². The predicted molar refractivity (Wildman–Crippen MR) is 76.9 cm³/mol. The van der Waals surface area contributed by atoms with Crippen molar-refractivity contribution in [2.24, 2.45) is 0 Å². The minimum atomic E-state index is 0.335. The molecule has 0 spiro atoms. The van der Waals surface area contributed by atoms with Gasteiger partial charge in [-0.15, -0.1) is 0 Å². The van der Waals surface area contributed by atoms with Gasteiger partial charge in [0.1, 0.15) is 5.76 Å². The molecule has 100 valence electrons. The Bertz CT molecular complexity index is 394. The molecule has 0 saturated heterocycles. The normalized spacial score (nSPS) is 11.8. The number of hydrogen-bond donors (Lipinski definition) is 1. The fourth-order valence-electron chi connectivity index (χ4n) is 1.93. The van der Waals surface area contributed by atoms with Crippen LogP contribution in [0.25, 0.3) is 5.76 Å². The highest BCUT2D eigenvalue weighted by Crippen LogP contribution is 2.21. The quantitative estimate of drug-likeness (QED) is 0.580. The minimum absolute atomic E-state index is 0.335. The molecule has 1 aromatic carbocycles. The Balaban J connectivity index is 2.98. The summed E-state index contributed by atoms with van der Waals surface area (Å²) in [5.74, 6) is 0.335. The lowest BCUT2D eigenvalue weighted by atomic mass is 9.98. The van der Waals surface area contributed by atoms with Crippen LogP contribution in [0, 0.1) is 0 Å². The lowest BCUT2D eigenvalue weighted by molar-refractivity contribution is 0.177. The Kier molecular flexibility index (Phi) is 6.51. The van der Waals surface area contributed by atoms with Gasteiger partial charge in [0.15, 0.2) is 0 Å². The molecule has 0 heterocycles. The summed E-state index contributed by atoms with van der Waals surface area (Å²) in [5, 5.41) is 10.2. The first-order valence-corrected chi connectivity index (χ1v) is 6.81. The van der Waals surface area contributed by atoms with Crippen LogP contribution in [0.15, 0.2) is 24.3 Å². The van der Waals surface area contributed by atoms with Gasteiger partial charge >= 0.3 is 0 Å². The molecule has 1 N–H and O–H groups in total. The first kappa shape index (κ1) is 14.8. The Hall–Kier alpha value is -1.28. The van der Waals surface area contributed by atoms with Crippen molar-refractivity contribution in [3.05, 3.63) is 41.0 Å². The molecule has 1 rings (SSSR count). The van der Waals surface area contributed by atoms with Crippen LogP contribution < -0.4 is 0 Å². The Morgan fingerprint density at radius 2 is 2.06 bits per heavy atom. The molecular weight excluding hydrogens is 224 g/mol. The summed E-state index contributed by atoms with van der Waals surface area (Å²) in [7, 11) is 0. The number of ether oxygens (including phenoxy) is 1. The monoisotopic (exact) mass is 248 g/mol. The molecule has 1 aromatic rings. The molecule has 18 heavy (non-hydrogen) atoms. The van der Waals surface area contributed by atoms with Gasteiger partial charge in [0.2, 0.25) is 0 Å². The van der Waals surface area contributed by atoms with Crippen LogP contribution >= 0.6 is 0 Å². The minimum Gasteiger partial charge on any atom is -0.508 e. The first-order chi connectivity index (χ1) is 8.72. The maximum absolute atomic E-state index is 10.2. The smallest absolute Gasteiger partial charge is 0.121 e. The van der Waals surface area contributed by atoms with E-state index in [9.17, 15) is 5.11 Å². The summed E-state index contributed by atoms with van der Waals surface area (Å²) in [5.41, 5.74) is 3.41. The summed E-state index contributed by atoms with van der Waals surface area (Å²) in [6.07, 6.45) is 4.80. The van der Waals surface area contributed by atoms with Crippen LogP contribution in [0.3, 0.4) is 0 Å². The molecule has 0 unspecified atom stereocenters. The third kappa shape index (κ3) is 4.19. The van der Waals surface area contributed by atoms with E-state index in [1.807, 2.05) is 6.92 Å². The van der Waals surface area contributed by atoms with Gasteiger partial charge in [-0.25, -0.2) is 0 Å². The summed E-state index contributed by atoms with van der Waals surface area (Å²) >= 11 is 0. The van der Waals surface area contributed by atoms with Crippen molar-refractivity contribution in [3.8, 4) is 0 Å². The third-order valence-electron chi connectivity index (χ3n) is 2.98. The molecule has 0 atom stereocenters. The molecular formula is C16H24O2. The van der Waals surface area contributed by atoms with Gasteiger partial charge in [-0.3, -0.25) is 0 Å². The van der Waals surface area contributed by atoms with E-state index in [2.05, 4.69) is 32.0 Å². The van der Waals surface area contributed by atoms with Crippen LogP contribution in [0.1, 0.15) is 43.9 Å². The van der Waals surface area contributed by atoms with E-state index >= 15 is 0 Å². The molecule has 0 amide bonds. The molecule has 0 saturated carbocycles. The Labute approximate surface area is 110 Å². The fourth-order valence-corrected chi connectivity index (χ4v) is 1.93. The predicted octanol–water partition coefficient (Wildman–Crippen LogP) is 4.14. The van der Waals surface area contributed by atoms with Crippen LogP contribution in [0.4, 0.5) is 0 Å². The molecule has 0 fully saturated rings. The third-order valence-corrected chi connectivity index (χ3v) is 2.98. The van der Waals surface area contributed by atoms with Crippen molar-refractivity contribution < 1.29 is 9.84 Å². The highest BCUT2D eigenvalue weighted by Gasteiger charge is 2.07. The van der Waals surface area contributed by atoms with Crippen LogP contribution in [0.2, 0.25) is 0 Å². The van der Waals surface area contributed by atoms with E-state index in [0.717, 1.165) is 24.8 Å². The second-order valence-electron chi connectivity index (χ2n) is 4.34. The molecule has 2 nitrogen and oxygen atoms in total. The van der Waals surface area contributed by atoms with Crippen molar-refractivity contribution >= 4 is 5.76 Å². The number of aliphatic hydroxyl groups is 1. The Morgan fingerprint density at radius 3 is 2.67 bits per heavy atom. The number of rotatable bonds is 7. The van der Waals surface area contributed by atoms with Gasteiger partial charge < -0.3 is 9.84 Å². The molecule has 0 aliphatic rings. The molecule has 0 aromatic heterocycles. The van der Waals surface area contributed by atoms with Gasteiger partial charge in [-0.05, 0) is 43.0 Å². The largest absolute Gasteiger partial charge is 0.508 e.